The van der Waals surface area contributed by atoms with Crippen molar-refractivity contribution in [2.45, 2.75) is 50.2 Å². The number of aliphatic hydroxyl groups excluding tert-OH is 1. The Morgan fingerprint density at radius 1 is 1.45 bits per heavy atom. The van der Waals surface area contributed by atoms with Gasteiger partial charge in [0, 0.05) is 12.4 Å². The van der Waals surface area contributed by atoms with Crippen molar-refractivity contribution in [1.29, 1.82) is 0 Å². The Balaban J connectivity index is 2.12. The first-order valence-electron chi connectivity index (χ1n) is 6.83. The van der Waals surface area contributed by atoms with Crippen LogP contribution in [0.25, 0.3) is 0 Å². The van der Waals surface area contributed by atoms with E-state index in [0.29, 0.717) is 19.4 Å². The molecule has 1 heterocycles. The van der Waals surface area contributed by atoms with Crippen LogP contribution in [0.2, 0.25) is 0 Å². The second-order valence-electron chi connectivity index (χ2n) is 5.09. The van der Waals surface area contributed by atoms with Crippen LogP contribution in [0.5, 0.6) is 0 Å². The minimum atomic E-state index is -0.869. The molecule has 0 aromatic heterocycles. The van der Waals surface area contributed by atoms with Crippen LogP contribution in [-0.4, -0.2) is 36.8 Å². The van der Waals surface area contributed by atoms with E-state index in [9.17, 15) is 5.11 Å². The summed E-state index contributed by atoms with van der Waals surface area (Å²) < 4.78 is 11.6. The third-order valence-corrected chi connectivity index (χ3v) is 3.81. The number of benzene rings is 1. The van der Waals surface area contributed by atoms with Gasteiger partial charge in [-0.3, -0.25) is 0 Å². The topological polar surface area (TPSA) is 38.7 Å². The van der Waals surface area contributed by atoms with Crippen molar-refractivity contribution < 1.29 is 14.6 Å². The second-order valence-corrected chi connectivity index (χ2v) is 5.09. The van der Waals surface area contributed by atoms with Crippen molar-refractivity contribution >= 4 is 7.85 Å². The quantitative estimate of drug-likeness (QED) is 0.653. The molecular formula is C16H19BO3. The monoisotopic (exact) mass is 270 g/mol. The van der Waals surface area contributed by atoms with Crippen molar-refractivity contribution in [2.75, 3.05) is 0 Å². The van der Waals surface area contributed by atoms with Crippen LogP contribution in [0.1, 0.15) is 25.3 Å². The lowest BCUT2D eigenvalue weighted by atomic mass is 9.86. The summed E-state index contributed by atoms with van der Waals surface area (Å²) in [6, 6.07) is 9.01. The summed E-state index contributed by atoms with van der Waals surface area (Å²) in [5.41, 5.74) is 0.327. The molecule has 0 bridgehead atoms. The van der Waals surface area contributed by atoms with E-state index in [1.54, 1.807) is 0 Å². The first-order valence-corrected chi connectivity index (χ1v) is 6.83. The molecule has 3 nitrogen and oxygen atoms in total. The smallest absolute Gasteiger partial charge is 0.115 e. The Morgan fingerprint density at radius 3 is 2.75 bits per heavy atom. The van der Waals surface area contributed by atoms with Gasteiger partial charge >= 0.3 is 0 Å². The first-order chi connectivity index (χ1) is 9.63. The molecule has 1 aliphatic heterocycles. The van der Waals surface area contributed by atoms with E-state index >= 15 is 0 Å². The lowest BCUT2D eigenvalue weighted by Gasteiger charge is -2.32. The minimum absolute atomic E-state index is 0.369. The third kappa shape index (κ3) is 2.91. The van der Waals surface area contributed by atoms with Gasteiger partial charge in [0.05, 0.1) is 6.61 Å². The molecule has 2 radical (unpaired) electrons. The molecule has 4 atom stereocenters. The van der Waals surface area contributed by atoms with Crippen LogP contribution in [-0.2, 0) is 16.1 Å². The third-order valence-electron chi connectivity index (χ3n) is 3.81. The number of hydrogen-bond donors (Lipinski definition) is 1. The van der Waals surface area contributed by atoms with Crippen LogP contribution in [0.4, 0.5) is 0 Å². The highest BCUT2D eigenvalue weighted by Gasteiger charge is 2.52. The number of terminal acetylenes is 1. The van der Waals surface area contributed by atoms with E-state index < -0.39 is 23.8 Å². The Kier molecular flexibility index (Phi) is 4.88. The van der Waals surface area contributed by atoms with Gasteiger partial charge in [-0.25, -0.2) is 0 Å². The Hall–Kier alpha value is -1.28. The fraction of sp³-hybridized carbons (Fsp3) is 0.500. The van der Waals surface area contributed by atoms with E-state index in [4.69, 9.17) is 23.7 Å². The highest BCUT2D eigenvalue weighted by molar-refractivity contribution is 6.11. The predicted octanol–water partition coefficient (Wildman–Crippen LogP) is 1.63. The van der Waals surface area contributed by atoms with Crippen molar-refractivity contribution in [3.8, 4) is 12.3 Å². The maximum absolute atomic E-state index is 10.2. The molecule has 1 aliphatic rings. The highest BCUT2D eigenvalue weighted by Crippen LogP contribution is 2.38. The molecule has 1 aromatic carbocycles. The zero-order chi connectivity index (χ0) is 14.6. The number of rotatable bonds is 5. The molecule has 0 aliphatic carbocycles. The van der Waals surface area contributed by atoms with Crippen LogP contribution >= 0.6 is 0 Å². The van der Waals surface area contributed by atoms with Gasteiger partial charge in [-0.2, -0.15) is 0 Å². The van der Waals surface area contributed by atoms with E-state index in [1.165, 1.54) is 0 Å². The molecule has 0 spiro atoms. The lowest BCUT2D eigenvalue weighted by molar-refractivity contribution is -0.105. The molecule has 2 rings (SSSR count). The van der Waals surface area contributed by atoms with Crippen LogP contribution in [0.3, 0.4) is 0 Å². The first kappa shape index (κ1) is 15.1. The van der Waals surface area contributed by atoms with Crippen LogP contribution < -0.4 is 0 Å². The SMILES string of the molecule is [B][C@@H]1O[C@@](CC)(CC#C)[C@@H](OCc2ccccc2)[C@H]1O. The number of ether oxygens (including phenoxy) is 2. The van der Waals surface area contributed by atoms with Gasteiger partial charge in [0.15, 0.2) is 0 Å². The molecule has 1 aromatic rings. The molecule has 0 saturated carbocycles. The van der Waals surface area contributed by atoms with Gasteiger partial charge in [0.25, 0.3) is 0 Å². The summed E-state index contributed by atoms with van der Waals surface area (Å²) in [7, 11) is 5.80. The molecule has 20 heavy (non-hydrogen) atoms. The summed E-state index contributed by atoms with van der Waals surface area (Å²) in [5, 5.41) is 10.2. The van der Waals surface area contributed by atoms with E-state index in [2.05, 4.69) is 5.92 Å². The largest absolute Gasteiger partial charge is 0.388 e. The molecule has 1 N–H and O–H groups in total. The zero-order valence-corrected chi connectivity index (χ0v) is 11.7. The minimum Gasteiger partial charge on any atom is -0.388 e. The van der Waals surface area contributed by atoms with Gasteiger partial charge in [0.1, 0.15) is 25.7 Å². The van der Waals surface area contributed by atoms with Crippen molar-refractivity contribution in [1.82, 2.24) is 0 Å². The standard InChI is InChI=1S/C16H19BO3/c1-3-10-16(4-2)14(13(18)15(17)20-16)19-11-12-8-6-5-7-9-12/h1,5-9,13-15,18H,4,10-11H2,2H3/t13-,14+,15-,16+/m1/s1. The van der Waals surface area contributed by atoms with Gasteiger partial charge < -0.3 is 14.6 Å². The van der Waals surface area contributed by atoms with E-state index in [1.807, 2.05) is 37.3 Å². The van der Waals surface area contributed by atoms with Crippen molar-refractivity contribution in [2.24, 2.45) is 0 Å². The number of aliphatic hydroxyl groups is 1. The molecule has 0 amide bonds. The maximum atomic E-state index is 10.2. The Labute approximate surface area is 121 Å². The molecule has 1 saturated heterocycles. The van der Waals surface area contributed by atoms with Gasteiger partial charge in [-0.15, -0.1) is 12.3 Å². The predicted molar refractivity (Wildman–Crippen MR) is 78.1 cm³/mol. The molecule has 1 fully saturated rings. The summed E-state index contributed by atoms with van der Waals surface area (Å²) in [6.45, 7) is 2.35. The normalized spacial score (nSPS) is 33.0. The average molecular weight is 270 g/mol. The zero-order valence-electron chi connectivity index (χ0n) is 11.7. The lowest BCUT2D eigenvalue weighted by Crippen LogP contribution is -2.44. The molecule has 0 unspecified atom stereocenters. The fourth-order valence-corrected chi connectivity index (χ4v) is 2.63. The summed E-state index contributed by atoms with van der Waals surface area (Å²) in [5.74, 6) is 2.60. The average Bonchev–Trinajstić information content (AvgIpc) is 2.70. The van der Waals surface area contributed by atoms with Crippen LogP contribution in [0.15, 0.2) is 30.3 Å². The Morgan fingerprint density at radius 2 is 2.15 bits per heavy atom. The number of hydrogen-bond acceptors (Lipinski definition) is 3. The van der Waals surface area contributed by atoms with Crippen molar-refractivity contribution in [3.63, 3.8) is 0 Å². The van der Waals surface area contributed by atoms with E-state index in [-0.39, 0.29) is 0 Å². The van der Waals surface area contributed by atoms with Crippen molar-refractivity contribution in [3.05, 3.63) is 35.9 Å². The summed E-state index contributed by atoms with van der Waals surface area (Å²) in [6.07, 6.45) is 5.05. The van der Waals surface area contributed by atoms with Crippen LogP contribution in [0, 0.1) is 12.3 Å². The fourth-order valence-electron chi connectivity index (χ4n) is 2.63. The summed E-state index contributed by atoms with van der Waals surface area (Å²) >= 11 is 0. The Bertz CT molecular complexity index is 470. The molecule has 4 heteroatoms. The van der Waals surface area contributed by atoms with Gasteiger partial charge in [-0.1, -0.05) is 37.3 Å². The van der Waals surface area contributed by atoms with E-state index in [0.717, 1.165) is 5.56 Å². The highest BCUT2D eigenvalue weighted by atomic mass is 16.6. The molecule has 104 valence electrons. The summed E-state index contributed by atoms with van der Waals surface area (Å²) in [4.78, 5) is 0. The molecular weight excluding hydrogens is 251 g/mol. The maximum Gasteiger partial charge on any atom is 0.115 e. The van der Waals surface area contributed by atoms with Gasteiger partial charge in [-0.05, 0) is 12.0 Å². The van der Waals surface area contributed by atoms with Gasteiger partial charge in [0.2, 0.25) is 0 Å². The second kappa shape index (κ2) is 6.45.